The van der Waals surface area contributed by atoms with Crippen molar-refractivity contribution in [1.29, 1.82) is 0 Å². The number of carbonyl (C=O) groups is 16. The highest BCUT2D eigenvalue weighted by atomic mass is 16.6. The van der Waals surface area contributed by atoms with Crippen LogP contribution in [0.5, 0.6) is 0 Å². The van der Waals surface area contributed by atoms with E-state index in [4.69, 9.17) is 0 Å². The maximum Gasteiger partial charge on any atom is 0.321 e. The van der Waals surface area contributed by atoms with Gasteiger partial charge >= 0.3 is 95.5 Å². The molecule has 8 saturated heterocycles. The summed E-state index contributed by atoms with van der Waals surface area (Å²) in [4.78, 5) is 182. The lowest BCUT2D eigenvalue weighted by Crippen LogP contribution is -2.38. The monoisotopic (exact) mass is 1280 g/mol. The van der Waals surface area contributed by atoms with Crippen LogP contribution in [0, 0.1) is 0 Å². The van der Waals surface area contributed by atoms with E-state index in [-0.39, 0.29) is 114 Å². The van der Waals surface area contributed by atoms with E-state index in [9.17, 15) is 76.7 Å². The van der Waals surface area contributed by atoms with Crippen LogP contribution < -0.4 is 0 Å². The number of esters is 16. The van der Waals surface area contributed by atoms with Gasteiger partial charge in [-0.3, -0.25) is 76.7 Å². The largest absolute Gasteiger partial charge is 0.393 e. The van der Waals surface area contributed by atoms with E-state index in [0.717, 1.165) is 44.5 Å². The predicted octanol–water partition coefficient (Wildman–Crippen LogP) is 7.56. The van der Waals surface area contributed by atoms with Gasteiger partial charge in [-0.25, -0.2) is 0 Å². The molecule has 24 nitrogen and oxygen atoms in total. The second-order valence-corrected chi connectivity index (χ2v) is 24.6. The summed E-state index contributed by atoms with van der Waals surface area (Å²) in [7, 11) is 0. The fourth-order valence-corrected chi connectivity index (χ4v) is 12.5. The standard InChI is InChI=1S/C22H18O6.C18H18O6.C16H14O6.C14H10O6/c23-19-9-17(10-20(24)27-19)15-5-1-13(2-6-15)14-3-7-16(8-4-14)18-11-21(25)28-22(26)12-18;1-17(7-13(19)23-14(20)8-17)11-3-5-12(6-4-11)18(2)9-15(21)24-16(22)10-18;17-13-5-11(6-14(18)21-13)9-1-2-10(4-3-9)12-7-15(19)22-16(20)8-12;15-11-5-9(13(17)19-11)7-1-2-8(4-3-7)10-6-12(16)20-14(10)18/h1-8,17-18H,9-12H2;3-6H,7-10H2,1-2H3;1-4,11-12H,5-8H2;1-4,9-10H,5-6H2. The molecule has 0 spiro atoms. The smallest absolute Gasteiger partial charge is 0.321 e. The third kappa shape index (κ3) is 16.3. The lowest BCUT2D eigenvalue weighted by atomic mass is 9.72. The molecule has 8 heterocycles. The lowest BCUT2D eigenvalue weighted by molar-refractivity contribution is -0.168. The van der Waals surface area contributed by atoms with Crippen molar-refractivity contribution in [3.63, 3.8) is 0 Å². The molecule has 5 aromatic rings. The molecule has 0 aromatic heterocycles. The maximum atomic E-state index is 11.6. The predicted molar refractivity (Wildman–Crippen MR) is 316 cm³/mol. The number of ether oxygens (including phenoxy) is 8. The Hall–Kier alpha value is -10.8. The summed E-state index contributed by atoms with van der Waals surface area (Å²) in [6.45, 7) is 3.70. The van der Waals surface area contributed by atoms with Crippen LogP contribution in [0.25, 0.3) is 11.1 Å². The zero-order chi connectivity index (χ0) is 67.2. The van der Waals surface area contributed by atoms with Gasteiger partial charge in [0.05, 0.1) is 102 Å². The van der Waals surface area contributed by atoms with E-state index in [1.165, 1.54) is 0 Å². The summed E-state index contributed by atoms with van der Waals surface area (Å²) in [5.41, 5.74) is 7.42. The van der Waals surface area contributed by atoms with Gasteiger partial charge in [-0.05, 0) is 55.6 Å². The normalized spacial score (nSPS) is 21.7. The summed E-state index contributed by atoms with van der Waals surface area (Å²) in [5, 5.41) is 0. The molecule has 484 valence electrons. The Morgan fingerprint density at radius 2 is 0.426 bits per heavy atom. The molecule has 8 aliphatic rings. The first kappa shape index (κ1) is 66.2. The molecular formula is C70H60O24. The molecule has 0 radical (unpaired) electrons. The summed E-state index contributed by atoms with van der Waals surface area (Å²) in [5.74, 6) is -10.1. The van der Waals surface area contributed by atoms with Crippen molar-refractivity contribution in [2.24, 2.45) is 0 Å². The van der Waals surface area contributed by atoms with Gasteiger partial charge in [0, 0.05) is 34.5 Å². The molecule has 5 aromatic carbocycles. The molecule has 2 unspecified atom stereocenters. The highest BCUT2D eigenvalue weighted by molar-refractivity contribution is 5.99. The summed E-state index contributed by atoms with van der Waals surface area (Å²) in [6.07, 6.45) is 2.18. The molecule has 8 aliphatic heterocycles. The zero-order valence-corrected chi connectivity index (χ0v) is 50.7. The number of benzene rings is 5. The van der Waals surface area contributed by atoms with Crippen LogP contribution in [0.1, 0.15) is 184 Å². The number of cyclic esters (lactones) is 16. The number of hydrogen-bond acceptors (Lipinski definition) is 24. The topological polar surface area (TPSA) is 347 Å². The molecule has 8 fully saturated rings. The second kappa shape index (κ2) is 28.0. The molecular weight excluding hydrogens is 1220 g/mol. The first-order chi connectivity index (χ1) is 44.7. The van der Waals surface area contributed by atoms with Crippen LogP contribution in [-0.4, -0.2) is 95.5 Å². The highest BCUT2D eigenvalue weighted by Crippen LogP contribution is 2.41. The van der Waals surface area contributed by atoms with Crippen molar-refractivity contribution < 1.29 is 115 Å². The van der Waals surface area contributed by atoms with Crippen molar-refractivity contribution in [1.82, 2.24) is 0 Å². The van der Waals surface area contributed by atoms with Crippen LogP contribution in [-0.2, 0) is 125 Å². The van der Waals surface area contributed by atoms with Crippen molar-refractivity contribution >= 4 is 95.5 Å². The Morgan fingerprint density at radius 1 is 0.234 bits per heavy atom. The molecule has 0 saturated carbocycles. The van der Waals surface area contributed by atoms with Crippen LogP contribution in [0.3, 0.4) is 0 Å². The molecule has 94 heavy (non-hydrogen) atoms. The Bertz CT molecular complexity index is 3600. The van der Waals surface area contributed by atoms with E-state index >= 15 is 0 Å². The highest BCUT2D eigenvalue weighted by Gasteiger charge is 2.43. The van der Waals surface area contributed by atoms with Gasteiger partial charge < -0.3 is 37.9 Å². The maximum absolute atomic E-state index is 11.6. The Kier molecular flexibility index (Phi) is 19.7. The average molecular weight is 1290 g/mol. The Balaban J connectivity index is 0.000000138. The SMILES string of the molecule is CC1(c2ccc(C3(C)CC(=O)OC(=O)C3)cc2)CC(=O)OC(=O)C1.O=C1CC(c2ccc(-c3ccc(C4CC(=O)OC(=O)C4)cc3)cc2)CC(=O)O1.O=C1CC(c2ccc(C3CC(=O)OC(=O)C3)cc2)CC(=O)O1.O=C1CC(c2ccc(C3CC(=O)OC3=O)cc2)C(=O)O1. The van der Waals surface area contributed by atoms with Crippen molar-refractivity contribution in [3.05, 3.63) is 166 Å². The third-order valence-electron chi connectivity index (χ3n) is 17.5. The van der Waals surface area contributed by atoms with Gasteiger partial charge in [-0.2, -0.15) is 0 Å². The van der Waals surface area contributed by atoms with E-state index in [2.05, 4.69) is 37.9 Å². The van der Waals surface area contributed by atoms with Crippen LogP contribution in [0.4, 0.5) is 0 Å². The van der Waals surface area contributed by atoms with E-state index in [0.29, 0.717) is 11.1 Å². The first-order valence-corrected chi connectivity index (χ1v) is 30.1. The van der Waals surface area contributed by atoms with Gasteiger partial charge in [0.1, 0.15) is 0 Å². The average Bonchev–Trinajstić information content (AvgIpc) is 1.01. The number of hydrogen-bond donors (Lipinski definition) is 0. The minimum Gasteiger partial charge on any atom is -0.393 e. The lowest BCUT2D eigenvalue weighted by Gasteiger charge is -2.34. The molecule has 13 rings (SSSR count). The summed E-state index contributed by atoms with van der Waals surface area (Å²) < 4.78 is 36.4. The van der Waals surface area contributed by atoms with Gasteiger partial charge in [0.2, 0.25) is 0 Å². The third-order valence-corrected chi connectivity index (χ3v) is 17.5. The van der Waals surface area contributed by atoms with Crippen LogP contribution >= 0.6 is 0 Å². The molecule has 0 N–H and O–H groups in total. The van der Waals surface area contributed by atoms with Crippen LogP contribution in [0.15, 0.2) is 121 Å². The minimum absolute atomic E-state index is 0.0299. The Morgan fingerprint density at radius 3 is 0.638 bits per heavy atom. The summed E-state index contributed by atoms with van der Waals surface area (Å²) in [6, 6.07) is 36.9. The van der Waals surface area contributed by atoms with Crippen molar-refractivity contribution in [3.8, 4) is 11.1 Å². The molecule has 0 aliphatic carbocycles. The quantitative estimate of drug-likeness (QED) is 0.0780. The second-order valence-electron chi connectivity index (χ2n) is 24.6. The van der Waals surface area contributed by atoms with Crippen molar-refractivity contribution in [2.75, 3.05) is 0 Å². The first-order valence-electron chi connectivity index (χ1n) is 30.1. The van der Waals surface area contributed by atoms with Crippen LogP contribution in [0.2, 0.25) is 0 Å². The molecule has 0 bridgehead atoms. The minimum atomic E-state index is -0.604. The van der Waals surface area contributed by atoms with E-state index < -0.39 is 118 Å². The van der Waals surface area contributed by atoms with Crippen molar-refractivity contribution in [2.45, 2.75) is 150 Å². The Labute approximate surface area is 535 Å². The fourth-order valence-electron chi connectivity index (χ4n) is 12.5. The summed E-state index contributed by atoms with van der Waals surface area (Å²) >= 11 is 0. The van der Waals surface area contributed by atoms with E-state index in [1.54, 1.807) is 24.3 Å². The molecule has 0 amide bonds. The van der Waals surface area contributed by atoms with E-state index in [1.807, 2.05) is 111 Å². The van der Waals surface area contributed by atoms with Gasteiger partial charge in [-0.15, -0.1) is 0 Å². The van der Waals surface area contributed by atoms with Gasteiger partial charge in [0.15, 0.2) is 0 Å². The molecule has 24 heteroatoms. The molecule has 2 atom stereocenters. The number of rotatable bonds is 9. The van der Waals surface area contributed by atoms with Gasteiger partial charge in [-0.1, -0.05) is 135 Å². The fraction of sp³-hybridized carbons (Fsp3) is 0.343. The number of carbonyl (C=O) groups excluding carboxylic acids is 16. The zero-order valence-electron chi connectivity index (χ0n) is 50.7. The van der Waals surface area contributed by atoms with Gasteiger partial charge in [0.25, 0.3) is 0 Å².